The zero-order valence-corrected chi connectivity index (χ0v) is 13.2. The van der Waals surface area contributed by atoms with Gasteiger partial charge in [-0.15, -0.1) is 0 Å². The van der Waals surface area contributed by atoms with Crippen molar-refractivity contribution in [2.75, 3.05) is 6.61 Å². The predicted molar refractivity (Wildman–Crippen MR) is 76.9 cm³/mol. The predicted octanol–water partition coefficient (Wildman–Crippen LogP) is 4.21. The van der Waals surface area contributed by atoms with Crippen molar-refractivity contribution < 1.29 is 4.43 Å². The Hall–Kier alpha value is -0.543. The lowest BCUT2D eigenvalue weighted by atomic mass is 10.2. The molecule has 98 valence electrons. The molecular formula is C14H27NOSi. The SMILES string of the molecule is Cc1ccn(CCCO[Si](C)(C)C(C)(C)C)c1. The van der Waals surface area contributed by atoms with Crippen molar-refractivity contribution in [1.29, 1.82) is 0 Å². The summed E-state index contributed by atoms with van der Waals surface area (Å²) in [7, 11) is -1.55. The lowest BCUT2D eigenvalue weighted by Crippen LogP contribution is -2.41. The van der Waals surface area contributed by atoms with Crippen molar-refractivity contribution in [2.24, 2.45) is 0 Å². The third-order valence-electron chi connectivity index (χ3n) is 3.73. The number of aromatic nitrogens is 1. The summed E-state index contributed by atoms with van der Waals surface area (Å²) >= 11 is 0. The highest BCUT2D eigenvalue weighted by atomic mass is 28.4. The largest absolute Gasteiger partial charge is 0.417 e. The topological polar surface area (TPSA) is 14.2 Å². The average Bonchev–Trinajstić information content (AvgIpc) is 2.57. The zero-order chi connectivity index (χ0) is 13.1. The van der Waals surface area contributed by atoms with Crippen LogP contribution >= 0.6 is 0 Å². The molecule has 1 aromatic rings. The van der Waals surface area contributed by atoms with Gasteiger partial charge in [0.25, 0.3) is 0 Å². The van der Waals surface area contributed by atoms with E-state index in [-0.39, 0.29) is 0 Å². The van der Waals surface area contributed by atoms with Crippen LogP contribution < -0.4 is 0 Å². The van der Waals surface area contributed by atoms with Gasteiger partial charge in [-0.1, -0.05) is 20.8 Å². The first-order chi connectivity index (χ1) is 7.72. The maximum absolute atomic E-state index is 6.15. The van der Waals surface area contributed by atoms with Gasteiger partial charge < -0.3 is 8.99 Å². The van der Waals surface area contributed by atoms with Crippen LogP contribution in [-0.2, 0) is 11.0 Å². The molecule has 0 unspecified atom stereocenters. The van der Waals surface area contributed by atoms with E-state index in [0.29, 0.717) is 5.04 Å². The van der Waals surface area contributed by atoms with Crippen LogP contribution in [-0.4, -0.2) is 19.5 Å². The van der Waals surface area contributed by atoms with Gasteiger partial charge in [0.2, 0.25) is 0 Å². The highest BCUT2D eigenvalue weighted by Gasteiger charge is 2.36. The molecule has 0 spiro atoms. The lowest BCUT2D eigenvalue weighted by Gasteiger charge is -2.36. The van der Waals surface area contributed by atoms with E-state index in [1.807, 2.05) is 0 Å². The first-order valence-corrected chi connectivity index (χ1v) is 9.39. The summed E-state index contributed by atoms with van der Waals surface area (Å²) < 4.78 is 8.39. The summed E-state index contributed by atoms with van der Waals surface area (Å²) in [4.78, 5) is 0. The Balaban J connectivity index is 2.29. The number of hydrogen-bond acceptors (Lipinski definition) is 1. The van der Waals surface area contributed by atoms with E-state index in [9.17, 15) is 0 Å². The van der Waals surface area contributed by atoms with Crippen molar-refractivity contribution in [3.8, 4) is 0 Å². The molecule has 0 aliphatic carbocycles. The third kappa shape index (κ3) is 4.32. The zero-order valence-electron chi connectivity index (χ0n) is 12.2. The summed E-state index contributed by atoms with van der Waals surface area (Å²) in [6, 6.07) is 2.15. The van der Waals surface area contributed by atoms with E-state index < -0.39 is 8.32 Å². The molecule has 0 saturated heterocycles. The van der Waals surface area contributed by atoms with Crippen LogP contribution in [0.4, 0.5) is 0 Å². The quantitative estimate of drug-likeness (QED) is 0.566. The maximum Gasteiger partial charge on any atom is 0.191 e. The van der Waals surface area contributed by atoms with Crippen LogP contribution in [0.3, 0.4) is 0 Å². The monoisotopic (exact) mass is 253 g/mol. The van der Waals surface area contributed by atoms with Crippen molar-refractivity contribution in [3.63, 3.8) is 0 Å². The van der Waals surface area contributed by atoms with Gasteiger partial charge >= 0.3 is 0 Å². The fourth-order valence-corrected chi connectivity index (χ4v) is 2.58. The van der Waals surface area contributed by atoms with E-state index in [2.05, 4.69) is 63.8 Å². The first kappa shape index (κ1) is 14.5. The molecule has 17 heavy (non-hydrogen) atoms. The van der Waals surface area contributed by atoms with Gasteiger partial charge in [0.05, 0.1) is 0 Å². The Bertz CT molecular complexity index is 349. The molecule has 1 rings (SSSR count). The molecule has 0 fully saturated rings. The maximum atomic E-state index is 6.15. The van der Waals surface area contributed by atoms with Gasteiger partial charge in [-0.3, -0.25) is 0 Å². The highest BCUT2D eigenvalue weighted by molar-refractivity contribution is 6.74. The van der Waals surface area contributed by atoms with E-state index in [1.165, 1.54) is 5.56 Å². The molecule has 0 aliphatic heterocycles. The van der Waals surface area contributed by atoms with Crippen LogP contribution in [0.1, 0.15) is 32.8 Å². The van der Waals surface area contributed by atoms with Gasteiger partial charge in [0, 0.05) is 25.5 Å². The molecule has 0 radical (unpaired) electrons. The van der Waals surface area contributed by atoms with Crippen molar-refractivity contribution >= 4 is 8.32 Å². The molecule has 0 bridgehead atoms. The van der Waals surface area contributed by atoms with Crippen molar-refractivity contribution in [2.45, 2.75) is 58.8 Å². The summed E-state index contributed by atoms with van der Waals surface area (Å²) in [5.74, 6) is 0. The van der Waals surface area contributed by atoms with Crippen LogP contribution in [0.5, 0.6) is 0 Å². The van der Waals surface area contributed by atoms with Crippen LogP contribution in [0.15, 0.2) is 18.5 Å². The number of rotatable bonds is 5. The van der Waals surface area contributed by atoms with Gasteiger partial charge in [-0.05, 0) is 43.1 Å². The molecular weight excluding hydrogens is 226 g/mol. The Morgan fingerprint density at radius 1 is 1.29 bits per heavy atom. The molecule has 1 aromatic heterocycles. The highest BCUT2D eigenvalue weighted by Crippen LogP contribution is 2.36. The van der Waals surface area contributed by atoms with Gasteiger partial charge in [-0.25, -0.2) is 0 Å². The molecule has 0 aliphatic rings. The second kappa shape index (κ2) is 5.40. The van der Waals surface area contributed by atoms with E-state index in [4.69, 9.17) is 4.43 Å². The van der Waals surface area contributed by atoms with Gasteiger partial charge in [0.15, 0.2) is 8.32 Å². The van der Waals surface area contributed by atoms with Gasteiger partial charge in [0.1, 0.15) is 0 Å². The Morgan fingerprint density at radius 2 is 1.94 bits per heavy atom. The van der Waals surface area contributed by atoms with Gasteiger partial charge in [-0.2, -0.15) is 0 Å². The minimum Gasteiger partial charge on any atom is -0.417 e. The molecule has 0 amide bonds. The second-order valence-electron chi connectivity index (χ2n) is 6.39. The van der Waals surface area contributed by atoms with E-state index in [1.54, 1.807) is 0 Å². The molecule has 0 aromatic carbocycles. The van der Waals surface area contributed by atoms with Crippen LogP contribution in [0, 0.1) is 6.92 Å². The molecule has 0 atom stereocenters. The van der Waals surface area contributed by atoms with Crippen LogP contribution in [0.2, 0.25) is 18.1 Å². The molecule has 3 heteroatoms. The normalized spacial score (nSPS) is 13.1. The summed E-state index contributed by atoms with van der Waals surface area (Å²) in [5.41, 5.74) is 1.33. The van der Waals surface area contributed by atoms with E-state index in [0.717, 1.165) is 19.6 Å². The number of nitrogens with zero attached hydrogens (tertiary/aromatic N) is 1. The summed E-state index contributed by atoms with van der Waals surface area (Å²) in [5, 5.41) is 0.317. The fourth-order valence-electron chi connectivity index (χ4n) is 1.49. The first-order valence-electron chi connectivity index (χ1n) is 6.49. The minimum atomic E-state index is -1.55. The minimum absolute atomic E-state index is 0.317. The Labute approximate surface area is 107 Å². The lowest BCUT2D eigenvalue weighted by molar-refractivity contribution is 0.275. The smallest absolute Gasteiger partial charge is 0.191 e. The van der Waals surface area contributed by atoms with Crippen molar-refractivity contribution in [1.82, 2.24) is 4.57 Å². The molecule has 0 saturated carbocycles. The molecule has 2 nitrogen and oxygen atoms in total. The fraction of sp³-hybridized carbons (Fsp3) is 0.714. The number of aryl methyl sites for hydroxylation is 2. The average molecular weight is 253 g/mol. The summed E-state index contributed by atoms with van der Waals surface area (Å²) in [6.45, 7) is 15.6. The molecule has 1 heterocycles. The Kier molecular flexibility index (Phi) is 4.61. The van der Waals surface area contributed by atoms with E-state index >= 15 is 0 Å². The second-order valence-corrected chi connectivity index (χ2v) is 11.2. The molecule has 0 N–H and O–H groups in total. The summed E-state index contributed by atoms with van der Waals surface area (Å²) in [6.07, 6.45) is 5.43. The third-order valence-corrected chi connectivity index (χ3v) is 8.27. The standard InChI is InChI=1S/C14H27NOSi/c1-13-8-10-15(12-13)9-7-11-16-17(5,6)14(2,3)4/h8,10,12H,7,9,11H2,1-6H3. The number of hydrogen-bond donors (Lipinski definition) is 0. The Morgan fingerprint density at radius 3 is 2.41 bits per heavy atom. The van der Waals surface area contributed by atoms with Crippen molar-refractivity contribution in [3.05, 3.63) is 24.0 Å². The van der Waals surface area contributed by atoms with Crippen LogP contribution in [0.25, 0.3) is 0 Å².